The molecule has 5 nitrogen and oxygen atoms in total. The lowest BCUT2D eigenvalue weighted by Crippen LogP contribution is -2.46. The molecule has 2 rings (SSSR count). The average Bonchev–Trinajstić information content (AvgIpc) is 2.39. The Kier molecular flexibility index (Phi) is 3.28. The van der Waals surface area contributed by atoms with E-state index in [4.69, 9.17) is 10.7 Å². The molecule has 0 saturated carbocycles. The molecule has 1 aromatic carbocycles. The van der Waals surface area contributed by atoms with Gasteiger partial charge in [-0.3, -0.25) is 20.3 Å². The Morgan fingerprint density at radius 2 is 1.89 bits per heavy atom. The maximum absolute atomic E-state index is 11.7. The topological polar surface area (TPSA) is 93.8 Å². The van der Waals surface area contributed by atoms with Crippen LogP contribution in [-0.4, -0.2) is 17.7 Å². The van der Waals surface area contributed by atoms with Crippen LogP contribution in [0.15, 0.2) is 29.8 Å². The molecule has 0 aliphatic carbocycles. The summed E-state index contributed by atoms with van der Waals surface area (Å²) in [6, 6.07) is 9.08. The Bertz CT molecular complexity index is 634. The summed E-state index contributed by atoms with van der Waals surface area (Å²) in [6.07, 6.45) is 0. The summed E-state index contributed by atoms with van der Waals surface area (Å²) in [7, 11) is 0. The van der Waals surface area contributed by atoms with Crippen LogP contribution in [0, 0.1) is 29.6 Å². The summed E-state index contributed by atoms with van der Waals surface area (Å²) < 4.78 is 0. The van der Waals surface area contributed by atoms with Crippen molar-refractivity contribution in [3.8, 4) is 6.07 Å². The van der Waals surface area contributed by atoms with Gasteiger partial charge in [0.15, 0.2) is 0 Å². The predicted molar refractivity (Wildman–Crippen MR) is 67.4 cm³/mol. The molecule has 0 aromatic heterocycles. The van der Waals surface area contributed by atoms with E-state index in [1.165, 1.54) is 0 Å². The van der Waals surface area contributed by atoms with Gasteiger partial charge in [-0.1, -0.05) is 29.8 Å². The van der Waals surface area contributed by atoms with Crippen LogP contribution in [-0.2, 0) is 9.59 Å². The van der Waals surface area contributed by atoms with Crippen molar-refractivity contribution in [2.75, 3.05) is 0 Å². The molecule has 2 amide bonds. The number of nitrogens with zero attached hydrogens (tertiary/aromatic N) is 1. The van der Waals surface area contributed by atoms with Gasteiger partial charge in [0.05, 0.1) is 11.6 Å². The second-order valence-electron chi connectivity index (χ2n) is 4.35. The fourth-order valence-electron chi connectivity index (χ4n) is 2.12. The summed E-state index contributed by atoms with van der Waals surface area (Å²) in [5.74, 6) is -0.982. The van der Waals surface area contributed by atoms with Crippen molar-refractivity contribution >= 4 is 17.7 Å². The quantitative estimate of drug-likeness (QED) is 0.445. The van der Waals surface area contributed by atoms with E-state index in [0.29, 0.717) is 5.56 Å². The summed E-state index contributed by atoms with van der Waals surface area (Å²) in [6.45, 7) is 1.91. The second-order valence-corrected chi connectivity index (χ2v) is 4.35. The molecule has 1 fully saturated rings. The molecule has 0 radical (unpaired) electrons. The molecule has 1 aromatic rings. The Morgan fingerprint density at radius 3 is 2.42 bits per heavy atom. The SMILES string of the molecule is Cc1ccc(C2C(=C=N)C(=O)NC(=O)C2C#N)cc1. The van der Waals surface area contributed by atoms with Crippen LogP contribution >= 0.6 is 0 Å². The lowest BCUT2D eigenvalue weighted by atomic mass is 9.78. The first-order valence-corrected chi connectivity index (χ1v) is 5.69. The zero-order valence-electron chi connectivity index (χ0n) is 10.2. The van der Waals surface area contributed by atoms with Gasteiger partial charge in [0.1, 0.15) is 5.92 Å². The minimum Gasteiger partial charge on any atom is -0.291 e. The third-order valence-electron chi connectivity index (χ3n) is 3.12. The number of amides is 2. The molecule has 94 valence electrons. The van der Waals surface area contributed by atoms with Gasteiger partial charge in [0.2, 0.25) is 5.91 Å². The molecule has 1 aliphatic rings. The number of rotatable bonds is 1. The van der Waals surface area contributed by atoms with Crippen LogP contribution in [0.3, 0.4) is 0 Å². The smallest absolute Gasteiger partial charge is 0.263 e. The van der Waals surface area contributed by atoms with Gasteiger partial charge >= 0.3 is 0 Å². The number of carbonyl (C=O) groups excluding carboxylic acids is 2. The first-order valence-electron chi connectivity index (χ1n) is 5.69. The summed E-state index contributed by atoms with van der Waals surface area (Å²) in [5, 5.41) is 18.4. The van der Waals surface area contributed by atoms with Crippen molar-refractivity contribution in [2.45, 2.75) is 12.8 Å². The van der Waals surface area contributed by atoms with Crippen molar-refractivity contribution in [1.29, 1.82) is 10.7 Å². The van der Waals surface area contributed by atoms with Gasteiger partial charge in [-0.15, -0.1) is 0 Å². The highest BCUT2D eigenvalue weighted by Crippen LogP contribution is 2.33. The van der Waals surface area contributed by atoms with Crippen LogP contribution in [0.5, 0.6) is 0 Å². The molecule has 2 unspecified atom stereocenters. The van der Waals surface area contributed by atoms with Crippen molar-refractivity contribution in [1.82, 2.24) is 5.32 Å². The van der Waals surface area contributed by atoms with Gasteiger partial charge in [0, 0.05) is 5.92 Å². The maximum atomic E-state index is 11.7. The Labute approximate surface area is 110 Å². The van der Waals surface area contributed by atoms with E-state index in [1.54, 1.807) is 12.1 Å². The number of piperidine rings is 1. The third-order valence-corrected chi connectivity index (χ3v) is 3.12. The van der Waals surface area contributed by atoms with Gasteiger partial charge in [-0.05, 0) is 18.4 Å². The molecule has 1 saturated heterocycles. The highest BCUT2D eigenvalue weighted by atomic mass is 16.2. The first kappa shape index (κ1) is 12.7. The minimum absolute atomic E-state index is 0.00926. The molecule has 2 N–H and O–H groups in total. The highest BCUT2D eigenvalue weighted by Gasteiger charge is 2.41. The number of carbonyl (C=O) groups is 2. The first-order chi connectivity index (χ1) is 9.08. The number of nitriles is 1. The molecule has 5 heteroatoms. The largest absolute Gasteiger partial charge is 0.291 e. The summed E-state index contributed by atoms with van der Waals surface area (Å²) in [4.78, 5) is 23.4. The zero-order valence-corrected chi connectivity index (χ0v) is 10.2. The monoisotopic (exact) mass is 253 g/mol. The molecule has 2 atom stereocenters. The van der Waals surface area contributed by atoms with E-state index in [0.717, 1.165) is 5.56 Å². The Hall–Kier alpha value is -2.70. The van der Waals surface area contributed by atoms with Crippen molar-refractivity contribution < 1.29 is 9.59 Å². The van der Waals surface area contributed by atoms with Crippen LogP contribution in [0.4, 0.5) is 0 Å². The van der Waals surface area contributed by atoms with E-state index in [2.05, 4.69) is 11.2 Å². The fourth-order valence-corrected chi connectivity index (χ4v) is 2.12. The molecule has 1 heterocycles. The van der Waals surface area contributed by atoms with E-state index >= 15 is 0 Å². The molecule has 1 aliphatic heterocycles. The van der Waals surface area contributed by atoms with Crippen molar-refractivity contribution in [3.05, 3.63) is 41.0 Å². The second kappa shape index (κ2) is 4.89. The summed E-state index contributed by atoms with van der Waals surface area (Å²) >= 11 is 0. The standard InChI is InChI=1S/C14H11N3O2/c1-8-2-4-9(5-3-8)12-10(6-15)13(18)17-14(19)11(12)7-16/h2-5,10,12,16H,1H3,(H,17,18,19). The lowest BCUT2D eigenvalue weighted by molar-refractivity contribution is -0.132. The molecular weight excluding hydrogens is 242 g/mol. The normalized spacial score (nSPS) is 22.4. The predicted octanol–water partition coefficient (Wildman–Crippen LogP) is 1.05. The third kappa shape index (κ3) is 2.17. The lowest BCUT2D eigenvalue weighted by Gasteiger charge is -2.26. The van der Waals surface area contributed by atoms with Gasteiger partial charge in [-0.2, -0.15) is 5.26 Å². The van der Waals surface area contributed by atoms with Crippen molar-refractivity contribution in [2.24, 2.45) is 5.92 Å². The molecular formula is C14H11N3O2. The molecule has 19 heavy (non-hydrogen) atoms. The van der Waals surface area contributed by atoms with E-state index in [9.17, 15) is 9.59 Å². The van der Waals surface area contributed by atoms with Gasteiger partial charge in [0.25, 0.3) is 5.91 Å². The molecule has 0 spiro atoms. The van der Waals surface area contributed by atoms with Crippen LogP contribution in [0.1, 0.15) is 17.0 Å². The van der Waals surface area contributed by atoms with Crippen LogP contribution in [0.2, 0.25) is 0 Å². The fraction of sp³-hybridized carbons (Fsp3) is 0.214. The summed E-state index contributed by atoms with van der Waals surface area (Å²) in [5.41, 5.74) is 1.70. The van der Waals surface area contributed by atoms with E-state index in [-0.39, 0.29) is 5.57 Å². The number of hydrogen-bond donors (Lipinski definition) is 2. The van der Waals surface area contributed by atoms with Crippen LogP contribution in [0.25, 0.3) is 0 Å². The number of aryl methyl sites for hydroxylation is 1. The minimum atomic E-state index is -1.02. The van der Waals surface area contributed by atoms with Gasteiger partial charge in [-0.25, -0.2) is 0 Å². The number of nitrogens with one attached hydrogen (secondary N) is 2. The Balaban J connectivity index is 2.56. The Morgan fingerprint density at radius 1 is 1.26 bits per heavy atom. The number of benzene rings is 1. The number of hydrogen-bond acceptors (Lipinski definition) is 4. The average molecular weight is 253 g/mol. The van der Waals surface area contributed by atoms with Crippen LogP contribution < -0.4 is 5.32 Å². The zero-order chi connectivity index (χ0) is 14.0. The van der Waals surface area contributed by atoms with E-state index in [1.807, 2.05) is 25.1 Å². The highest BCUT2D eigenvalue weighted by molar-refractivity contribution is 6.14. The molecule has 0 bridgehead atoms. The van der Waals surface area contributed by atoms with Gasteiger partial charge < -0.3 is 0 Å². The van der Waals surface area contributed by atoms with E-state index < -0.39 is 23.7 Å². The van der Waals surface area contributed by atoms with Crippen molar-refractivity contribution in [3.63, 3.8) is 0 Å². The maximum Gasteiger partial charge on any atom is 0.263 e. The number of imide groups is 1.